The van der Waals surface area contributed by atoms with Crippen molar-refractivity contribution in [3.63, 3.8) is 0 Å². The number of esters is 1. The van der Waals surface area contributed by atoms with Crippen LogP contribution in [0.4, 0.5) is 0 Å². The van der Waals surface area contributed by atoms with Crippen LogP contribution >= 0.6 is 0 Å². The van der Waals surface area contributed by atoms with Crippen LogP contribution in [0.3, 0.4) is 0 Å². The van der Waals surface area contributed by atoms with Crippen molar-refractivity contribution in [1.82, 2.24) is 3.97 Å². The van der Waals surface area contributed by atoms with Crippen molar-refractivity contribution in [3.8, 4) is 5.75 Å². The van der Waals surface area contributed by atoms with E-state index in [9.17, 15) is 13.2 Å². The normalized spacial score (nSPS) is 11.7. The topological polar surface area (TPSA) is 74.6 Å². The zero-order valence-corrected chi connectivity index (χ0v) is 16.4. The third-order valence-electron chi connectivity index (χ3n) is 4.46. The smallest absolute Gasteiger partial charge is 0.340 e. The molecule has 3 aromatic rings. The molecule has 2 aromatic carbocycles. The van der Waals surface area contributed by atoms with Crippen LogP contribution < -0.4 is 4.74 Å². The number of benzene rings is 2. The number of hydrogen-bond acceptors (Lipinski definition) is 5. The standard InChI is InChI=1S/C20H21NO5S/c1-13(2)16-11-14(9-10-19(16)25-3)27(23,24)21-12-17(20(22)26-4)15-7-5-6-8-18(15)21/h5-13H,1-4H3. The number of aromatic nitrogens is 1. The highest BCUT2D eigenvalue weighted by molar-refractivity contribution is 7.90. The van der Waals surface area contributed by atoms with Crippen molar-refractivity contribution in [1.29, 1.82) is 0 Å². The molecule has 0 saturated carbocycles. The molecule has 27 heavy (non-hydrogen) atoms. The zero-order valence-electron chi connectivity index (χ0n) is 15.6. The summed E-state index contributed by atoms with van der Waals surface area (Å²) in [6.07, 6.45) is 1.31. The lowest BCUT2D eigenvalue weighted by Gasteiger charge is -2.14. The number of ether oxygens (including phenoxy) is 2. The van der Waals surface area contributed by atoms with Crippen LogP contribution in [0.15, 0.2) is 53.6 Å². The monoisotopic (exact) mass is 387 g/mol. The Labute approximate surface area is 158 Å². The van der Waals surface area contributed by atoms with Crippen LogP contribution in [-0.2, 0) is 14.8 Å². The number of hydrogen-bond donors (Lipinski definition) is 0. The Hall–Kier alpha value is -2.80. The van der Waals surface area contributed by atoms with E-state index in [-0.39, 0.29) is 16.4 Å². The first-order valence-corrected chi connectivity index (χ1v) is 9.87. The molecule has 6 nitrogen and oxygen atoms in total. The summed E-state index contributed by atoms with van der Waals surface area (Å²) < 4.78 is 37.9. The minimum absolute atomic E-state index is 0.0853. The van der Waals surface area contributed by atoms with Gasteiger partial charge in [0.2, 0.25) is 0 Å². The van der Waals surface area contributed by atoms with Crippen molar-refractivity contribution in [2.45, 2.75) is 24.7 Å². The highest BCUT2D eigenvalue weighted by Gasteiger charge is 2.25. The number of carbonyl (C=O) groups is 1. The Morgan fingerprint density at radius 2 is 1.78 bits per heavy atom. The molecule has 0 N–H and O–H groups in total. The first-order chi connectivity index (χ1) is 12.8. The first kappa shape index (κ1) is 19.0. The molecule has 0 aliphatic carbocycles. The molecule has 3 rings (SSSR count). The summed E-state index contributed by atoms with van der Waals surface area (Å²) in [5.41, 5.74) is 1.41. The van der Waals surface area contributed by atoms with Crippen LogP contribution in [0.2, 0.25) is 0 Å². The van der Waals surface area contributed by atoms with E-state index in [0.717, 1.165) is 9.54 Å². The van der Waals surface area contributed by atoms with Crippen LogP contribution in [-0.4, -0.2) is 32.6 Å². The number of para-hydroxylation sites is 1. The third kappa shape index (κ3) is 3.19. The molecule has 0 aliphatic rings. The summed E-state index contributed by atoms with van der Waals surface area (Å²) >= 11 is 0. The van der Waals surface area contributed by atoms with Crippen molar-refractivity contribution in [3.05, 3.63) is 59.8 Å². The molecular weight excluding hydrogens is 366 g/mol. The lowest BCUT2D eigenvalue weighted by Crippen LogP contribution is -2.13. The minimum Gasteiger partial charge on any atom is -0.496 e. The van der Waals surface area contributed by atoms with Gasteiger partial charge in [0.1, 0.15) is 5.75 Å². The largest absolute Gasteiger partial charge is 0.496 e. The summed E-state index contributed by atoms with van der Waals surface area (Å²) in [6, 6.07) is 11.6. The number of fused-ring (bicyclic) bond motifs is 1. The molecule has 142 valence electrons. The third-order valence-corrected chi connectivity index (χ3v) is 6.13. The molecule has 0 saturated heterocycles. The Bertz CT molecular complexity index is 1110. The predicted molar refractivity (Wildman–Crippen MR) is 103 cm³/mol. The van der Waals surface area contributed by atoms with Gasteiger partial charge in [0, 0.05) is 11.6 Å². The van der Waals surface area contributed by atoms with Gasteiger partial charge in [-0.25, -0.2) is 17.2 Å². The second kappa shape index (κ2) is 7.08. The van der Waals surface area contributed by atoms with Gasteiger partial charge < -0.3 is 9.47 Å². The maximum absolute atomic E-state index is 13.3. The molecule has 0 spiro atoms. The highest BCUT2D eigenvalue weighted by atomic mass is 32.2. The summed E-state index contributed by atoms with van der Waals surface area (Å²) in [4.78, 5) is 12.2. The van der Waals surface area contributed by atoms with Gasteiger partial charge in [0.25, 0.3) is 10.0 Å². The van der Waals surface area contributed by atoms with E-state index in [4.69, 9.17) is 9.47 Å². The van der Waals surface area contributed by atoms with E-state index < -0.39 is 16.0 Å². The van der Waals surface area contributed by atoms with Crippen LogP contribution in [0.1, 0.15) is 35.7 Å². The van der Waals surface area contributed by atoms with Crippen molar-refractivity contribution in [2.24, 2.45) is 0 Å². The molecule has 0 unspecified atom stereocenters. The van der Waals surface area contributed by atoms with E-state index >= 15 is 0 Å². The Morgan fingerprint density at radius 3 is 2.41 bits per heavy atom. The van der Waals surface area contributed by atoms with Crippen LogP contribution in [0, 0.1) is 0 Å². The van der Waals surface area contributed by atoms with Gasteiger partial charge in [-0.1, -0.05) is 32.0 Å². The SMILES string of the molecule is COC(=O)c1cn(S(=O)(=O)c2ccc(OC)c(C(C)C)c2)c2ccccc12. The quantitative estimate of drug-likeness (QED) is 0.623. The van der Waals surface area contributed by atoms with Gasteiger partial charge in [-0.2, -0.15) is 0 Å². The lowest BCUT2D eigenvalue weighted by molar-refractivity contribution is 0.0603. The summed E-state index contributed by atoms with van der Waals surface area (Å²) in [7, 11) is -1.10. The molecule has 1 heterocycles. The van der Waals surface area contributed by atoms with Gasteiger partial charge in [-0.3, -0.25) is 0 Å². The summed E-state index contributed by atoms with van der Waals surface area (Å²) in [5.74, 6) is 0.136. The fourth-order valence-corrected chi connectivity index (χ4v) is 4.46. The van der Waals surface area contributed by atoms with Gasteiger partial charge in [-0.05, 0) is 35.7 Å². The second-order valence-electron chi connectivity index (χ2n) is 6.41. The lowest BCUT2D eigenvalue weighted by atomic mass is 10.0. The number of rotatable bonds is 5. The molecule has 0 amide bonds. The van der Waals surface area contributed by atoms with Crippen molar-refractivity contribution in [2.75, 3.05) is 14.2 Å². The second-order valence-corrected chi connectivity index (χ2v) is 8.23. The molecular formula is C20H21NO5S. The fourth-order valence-electron chi connectivity index (χ4n) is 3.06. The molecule has 7 heteroatoms. The number of carbonyl (C=O) groups excluding carboxylic acids is 1. The average Bonchev–Trinajstić information content (AvgIpc) is 3.07. The summed E-state index contributed by atoms with van der Waals surface area (Å²) in [6.45, 7) is 3.93. The number of methoxy groups -OCH3 is 2. The van der Waals surface area contributed by atoms with Crippen molar-refractivity contribution >= 4 is 26.9 Å². The van der Waals surface area contributed by atoms with Gasteiger partial charge in [-0.15, -0.1) is 0 Å². The number of nitrogens with zero attached hydrogens (tertiary/aromatic N) is 1. The van der Waals surface area contributed by atoms with Gasteiger partial charge >= 0.3 is 5.97 Å². The van der Waals surface area contributed by atoms with Crippen LogP contribution in [0.25, 0.3) is 10.9 Å². The maximum Gasteiger partial charge on any atom is 0.340 e. The van der Waals surface area contributed by atoms with E-state index in [1.165, 1.54) is 19.4 Å². The van der Waals surface area contributed by atoms with E-state index in [1.54, 1.807) is 43.5 Å². The van der Waals surface area contributed by atoms with Crippen LogP contribution in [0.5, 0.6) is 5.75 Å². The molecule has 0 fully saturated rings. The maximum atomic E-state index is 13.3. The van der Waals surface area contributed by atoms with E-state index in [2.05, 4.69) is 0 Å². The van der Waals surface area contributed by atoms with Crippen molar-refractivity contribution < 1.29 is 22.7 Å². The Morgan fingerprint density at radius 1 is 1.07 bits per heavy atom. The summed E-state index contributed by atoms with van der Waals surface area (Å²) in [5, 5.41) is 0.519. The minimum atomic E-state index is -3.91. The Kier molecular flexibility index (Phi) is 4.97. The van der Waals surface area contributed by atoms with Gasteiger partial charge in [0.05, 0.1) is 30.2 Å². The molecule has 0 radical (unpaired) electrons. The first-order valence-electron chi connectivity index (χ1n) is 8.43. The molecule has 0 aliphatic heterocycles. The zero-order chi connectivity index (χ0) is 19.8. The van der Waals surface area contributed by atoms with Gasteiger partial charge in [0.15, 0.2) is 0 Å². The molecule has 0 bridgehead atoms. The van der Waals surface area contributed by atoms with E-state index in [1.807, 2.05) is 13.8 Å². The molecule has 1 aromatic heterocycles. The Balaban J connectivity index is 2.25. The average molecular weight is 387 g/mol. The van der Waals surface area contributed by atoms with E-state index in [0.29, 0.717) is 16.7 Å². The fraction of sp³-hybridized carbons (Fsp3) is 0.250. The predicted octanol–water partition coefficient (Wildman–Crippen LogP) is 3.80. The molecule has 0 atom stereocenters. The highest BCUT2D eigenvalue weighted by Crippen LogP contribution is 2.31.